The van der Waals surface area contributed by atoms with Gasteiger partial charge in [0.15, 0.2) is 0 Å². The van der Waals surface area contributed by atoms with Gasteiger partial charge in [-0.3, -0.25) is 0 Å². The molecular formula is C19H31N. The van der Waals surface area contributed by atoms with E-state index in [9.17, 15) is 0 Å². The van der Waals surface area contributed by atoms with Crippen LogP contribution in [0.25, 0.3) is 0 Å². The van der Waals surface area contributed by atoms with Crippen LogP contribution in [-0.2, 0) is 6.42 Å². The number of nitrogens with one attached hydrogen (secondary N) is 1. The zero-order chi connectivity index (χ0) is 14.8. The zero-order valence-electron chi connectivity index (χ0n) is 13.9. The Kier molecular flexibility index (Phi) is 4.90. The van der Waals surface area contributed by atoms with E-state index in [-0.39, 0.29) is 5.54 Å². The Morgan fingerprint density at radius 1 is 1.20 bits per heavy atom. The fraction of sp³-hybridized carbons (Fsp3) is 0.684. The average molecular weight is 273 g/mol. The first kappa shape index (κ1) is 15.6. The van der Waals surface area contributed by atoms with Crippen molar-refractivity contribution in [2.24, 2.45) is 11.8 Å². The predicted octanol–water partition coefficient (Wildman–Crippen LogP) is 4.77. The summed E-state index contributed by atoms with van der Waals surface area (Å²) in [4.78, 5) is 0. The number of hydrogen-bond donors (Lipinski definition) is 1. The molecule has 1 N–H and O–H groups in total. The van der Waals surface area contributed by atoms with Crippen LogP contribution < -0.4 is 5.32 Å². The Labute approximate surface area is 125 Å². The van der Waals surface area contributed by atoms with E-state index in [0.717, 1.165) is 24.3 Å². The van der Waals surface area contributed by atoms with E-state index in [4.69, 9.17) is 0 Å². The molecule has 0 bridgehead atoms. The lowest BCUT2D eigenvalue weighted by Crippen LogP contribution is -2.42. The molecule has 0 aromatic heterocycles. The lowest BCUT2D eigenvalue weighted by atomic mass is 9.69. The van der Waals surface area contributed by atoms with Crippen LogP contribution in [0.2, 0.25) is 0 Å². The molecule has 1 saturated carbocycles. The Balaban J connectivity index is 1.97. The number of hydrogen-bond acceptors (Lipinski definition) is 1. The summed E-state index contributed by atoms with van der Waals surface area (Å²) in [6, 6.07) is 9.32. The van der Waals surface area contributed by atoms with Crippen molar-refractivity contribution in [1.29, 1.82) is 0 Å². The van der Waals surface area contributed by atoms with E-state index < -0.39 is 0 Å². The maximum atomic E-state index is 3.67. The van der Waals surface area contributed by atoms with Gasteiger partial charge in [-0.15, -0.1) is 0 Å². The molecule has 20 heavy (non-hydrogen) atoms. The Hall–Kier alpha value is -0.820. The second-order valence-electron chi connectivity index (χ2n) is 7.92. The summed E-state index contributed by atoms with van der Waals surface area (Å²) in [5.41, 5.74) is 3.31. The molecule has 0 aliphatic heterocycles. The number of rotatable bonds is 5. The van der Waals surface area contributed by atoms with Gasteiger partial charge in [-0.2, -0.15) is 0 Å². The maximum Gasteiger partial charge on any atom is 0.00966 e. The predicted molar refractivity (Wildman–Crippen MR) is 88.2 cm³/mol. The van der Waals surface area contributed by atoms with E-state index in [0.29, 0.717) is 0 Å². The lowest BCUT2D eigenvalue weighted by Gasteiger charge is -2.39. The Morgan fingerprint density at radius 2 is 1.95 bits per heavy atom. The molecule has 2 atom stereocenters. The fourth-order valence-electron chi connectivity index (χ4n) is 3.11. The van der Waals surface area contributed by atoms with Gasteiger partial charge in [0.05, 0.1) is 0 Å². The molecule has 0 radical (unpaired) electrons. The minimum atomic E-state index is 0.236. The SMILES string of the molecule is CC(C)Cc1cccc(C2CCC2CNC(C)(C)C)c1. The molecule has 0 amide bonds. The summed E-state index contributed by atoms with van der Waals surface area (Å²) in [6.45, 7) is 12.5. The maximum absolute atomic E-state index is 3.67. The average Bonchev–Trinajstić information content (AvgIpc) is 2.25. The quantitative estimate of drug-likeness (QED) is 0.815. The summed E-state index contributed by atoms with van der Waals surface area (Å²) in [5.74, 6) is 2.34. The Morgan fingerprint density at radius 3 is 2.50 bits per heavy atom. The largest absolute Gasteiger partial charge is 0.312 e. The zero-order valence-corrected chi connectivity index (χ0v) is 13.9. The molecule has 2 unspecified atom stereocenters. The summed E-state index contributed by atoms with van der Waals surface area (Å²) in [7, 11) is 0. The molecular weight excluding hydrogens is 242 g/mol. The molecule has 0 heterocycles. The first-order chi connectivity index (χ1) is 9.35. The van der Waals surface area contributed by atoms with Crippen LogP contribution in [0.15, 0.2) is 24.3 Å². The van der Waals surface area contributed by atoms with E-state index in [2.05, 4.69) is 64.2 Å². The van der Waals surface area contributed by atoms with Crippen molar-refractivity contribution in [2.75, 3.05) is 6.54 Å². The van der Waals surface area contributed by atoms with Crippen LogP contribution in [0, 0.1) is 11.8 Å². The van der Waals surface area contributed by atoms with Gasteiger partial charge in [0.25, 0.3) is 0 Å². The first-order valence-electron chi connectivity index (χ1n) is 8.19. The number of benzene rings is 1. The van der Waals surface area contributed by atoms with Gasteiger partial charge in [0.2, 0.25) is 0 Å². The summed E-state index contributed by atoms with van der Waals surface area (Å²) >= 11 is 0. The van der Waals surface area contributed by atoms with Crippen LogP contribution in [-0.4, -0.2) is 12.1 Å². The van der Waals surface area contributed by atoms with Crippen molar-refractivity contribution < 1.29 is 0 Å². The molecule has 0 spiro atoms. The van der Waals surface area contributed by atoms with E-state index in [1.807, 2.05) is 0 Å². The standard InChI is InChI=1S/C19H31N/c1-14(2)11-15-7-6-8-16(12-15)18-10-9-17(18)13-20-19(3,4)5/h6-8,12,14,17-18,20H,9-11,13H2,1-5H3. The van der Waals surface area contributed by atoms with Crippen LogP contribution in [0.3, 0.4) is 0 Å². The van der Waals surface area contributed by atoms with E-state index in [1.165, 1.54) is 24.8 Å². The smallest absolute Gasteiger partial charge is 0.00966 e. The second-order valence-corrected chi connectivity index (χ2v) is 7.92. The molecule has 1 fully saturated rings. The van der Waals surface area contributed by atoms with Crippen molar-refractivity contribution in [2.45, 2.75) is 65.3 Å². The highest BCUT2D eigenvalue weighted by Crippen LogP contribution is 2.42. The highest BCUT2D eigenvalue weighted by molar-refractivity contribution is 5.29. The second kappa shape index (κ2) is 6.30. The van der Waals surface area contributed by atoms with Crippen LogP contribution in [0.1, 0.15) is 64.5 Å². The van der Waals surface area contributed by atoms with Crippen LogP contribution >= 0.6 is 0 Å². The summed E-state index contributed by atoms with van der Waals surface area (Å²) in [5, 5.41) is 3.67. The molecule has 1 aromatic rings. The van der Waals surface area contributed by atoms with Crippen LogP contribution in [0.5, 0.6) is 0 Å². The highest BCUT2D eigenvalue weighted by atomic mass is 14.9. The Bertz CT molecular complexity index is 428. The van der Waals surface area contributed by atoms with Crippen molar-refractivity contribution in [1.82, 2.24) is 5.32 Å². The molecule has 1 heteroatoms. The highest BCUT2D eigenvalue weighted by Gasteiger charge is 2.32. The summed E-state index contributed by atoms with van der Waals surface area (Å²) < 4.78 is 0. The minimum absolute atomic E-state index is 0.236. The van der Waals surface area contributed by atoms with Gasteiger partial charge in [-0.05, 0) is 75.5 Å². The lowest BCUT2D eigenvalue weighted by molar-refractivity contribution is 0.225. The monoisotopic (exact) mass is 273 g/mol. The van der Waals surface area contributed by atoms with Gasteiger partial charge >= 0.3 is 0 Å². The minimum Gasteiger partial charge on any atom is -0.312 e. The molecule has 2 rings (SSSR count). The molecule has 1 nitrogen and oxygen atoms in total. The first-order valence-corrected chi connectivity index (χ1v) is 8.19. The molecule has 0 saturated heterocycles. The van der Waals surface area contributed by atoms with Gasteiger partial charge in [-0.25, -0.2) is 0 Å². The molecule has 112 valence electrons. The molecule has 1 aromatic carbocycles. The van der Waals surface area contributed by atoms with Crippen molar-refractivity contribution in [3.63, 3.8) is 0 Å². The fourth-order valence-corrected chi connectivity index (χ4v) is 3.11. The summed E-state index contributed by atoms with van der Waals surface area (Å²) in [6.07, 6.45) is 3.94. The van der Waals surface area contributed by atoms with Crippen LogP contribution in [0.4, 0.5) is 0 Å². The van der Waals surface area contributed by atoms with Gasteiger partial charge < -0.3 is 5.32 Å². The van der Waals surface area contributed by atoms with E-state index >= 15 is 0 Å². The van der Waals surface area contributed by atoms with Crippen molar-refractivity contribution in [3.8, 4) is 0 Å². The molecule has 1 aliphatic rings. The topological polar surface area (TPSA) is 12.0 Å². The van der Waals surface area contributed by atoms with E-state index in [1.54, 1.807) is 5.56 Å². The normalized spacial score (nSPS) is 22.9. The van der Waals surface area contributed by atoms with Gasteiger partial charge in [-0.1, -0.05) is 38.1 Å². The van der Waals surface area contributed by atoms with Gasteiger partial charge in [0.1, 0.15) is 0 Å². The third-order valence-electron chi connectivity index (χ3n) is 4.34. The third kappa shape index (κ3) is 4.34. The van der Waals surface area contributed by atoms with Gasteiger partial charge in [0, 0.05) is 5.54 Å². The molecule has 1 aliphatic carbocycles. The third-order valence-corrected chi connectivity index (χ3v) is 4.34. The van der Waals surface area contributed by atoms with Crippen molar-refractivity contribution >= 4 is 0 Å². The van der Waals surface area contributed by atoms with Crippen molar-refractivity contribution in [3.05, 3.63) is 35.4 Å².